The fraction of sp³-hybridized carbons (Fsp3) is 0.611. The van der Waals surface area contributed by atoms with Gasteiger partial charge in [0.15, 0.2) is 16.1 Å². The van der Waals surface area contributed by atoms with E-state index in [0.717, 1.165) is 55.3 Å². The SMILES string of the molecule is O=C([N-]S(=O)(=O)C1CN(CCF)C1)Nc1c2c(cc3c1CCC3)CCC2.[K+]. The Morgan fingerprint density at radius 1 is 1.15 bits per heavy atom. The molecule has 1 N–H and O–H groups in total. The molecule has 0 radical (unpaired) electrons. The van der Waals surface area contributed by atoms with Crippen LogP contribution in [0.2, 0.25) is 0 Å². The van der Waals surface area contributed by atoms with E-state index < -0.39 is 28.0 Å². The molecule has 6 nitrogen and oxygen atoms in total. The number of carbonyl (C=O) groups is 1. The van der Waals surface area contributed by atoms with Gasteiger partial charge < -0.3 is 10.0 Å². The predicted octanol–water partition coefficient (Wildman–Crippen LogP) is -0.443. The second-order valence-corrected chi connectivity index (χ2v) is 9.22. The van der Waals surface area contributed by atoms with Gasteiger partial charge in [0.25, 0.3) is 0 Å². The Kier molecular flexibility index (Phi) is 7.04. The van der Waals surface area contributed by atoms with Gasteiger partial charge in [-0.2, -0.15) is 0 Å². The molecular formula is C18H23FKN3O3S. The van der Waals surface area contributed by atoms with Crippen molar-refractivity contribution in [3.63, 3.8) is 0 Å². The molecule has 0 bridgehead atoms. The number of hydrogen-bond acceptors (Lipinski definition) is 4. The van der Waals surface area contributed by atoms with Gasteiger partial charge in [-0.1, -0.05) is 6.07 Å². The molecule has 4 rings (SSSR count). The minimum absolute atomic E-state index is 0. The van der Waals surface area contributed by atoms with Crippen molar-refractivity contribution in [3.05, 3.63) is 33.0 Å². The van der Waals surface area contributed by atoms with Crippen molar-refractivity contribution in [3.8, 4) is 0 Å². The number of alkyl halides is 1. The largest absolute Gasteiger partial charge is 1.00 e. The van der Waals surface area contributed by atoms with Gasteiger partial charge in [0.05, 0.1) is 5.25 Å². The fourth-order valence-electron chi connectivity index (χ4n) is 4.30. The Hall–Kier alpha value is -0.0336. The second kappa shape index (κ2) is 8.77. The number of sulfonamides is 1. The number of likely N-dealkylation sites (tertiary alicyclic amines) is 1. The van der Waals surface area contributed by atoms with E-state index in [0.29, 0.717) is 0 Å². The molecule has 0 saturated carbocycles. The van der Waals surface area contributed by atoms with E-state index in [1.807, 2.05) is 0 Å². The van der Waals surface area contributed by atoms with Crippen LogP contribution < -0.4 is 56.7 Å². The summed E-state index contributed by atoms with van der Waals surface area (Å²) in [6, 6.07) is 1.44. The van der Waals surface area contributed by atoms with E-state index in [1.54, 1.807) is 4.90 Å². The number of hydrogen-bond donors (Lipinski definition) is 1. The van der Waals surface area contributed by atoms with Crippen LogP contribution in [0.25, 0.3) is 4.72 Å². The summed E-state index contributed by atoms with van der Waals surface area (Å²) in [6.07, 6.45) is 5.95. The monoisotopic (exact) mass is 419 g/mol. The molecule has 0 atom stereocenters. The Bertz CT molecular complexity index is 808. The van der Waals surface area contributed by atoms with Gasteiger partial charge in [0.1, 0.15) is 6.67 Å². The average molecular weight is 420 g/mol. The van der Waals surface area contributed by atoms with Crippen molar-refractivity contribution in [1.29, 1.82) is 0 Å². The standard InChI is InChI=1S/C18H24FN3O3S.K/c19-7-8-22-10-14(11-22)26(24,25)21-18(23)20-17-15-5-1-3-12(15)9-13-4-2-6-16(13)17;/h9,14H,1-8,10-11H2,(H2,20,21,23);/q;+1/p-1. The van der Waals surface area contributed by atoms with E-state index in [1.165, 1.54) is 11.1 Å². The van der Waals surface area contributed by atoms with Crippen molar-refractivity contribution < 1.29 is 69.0 Å². The molecule has 0 spiro atoms. The molecular weight excluding hydrogens is 396 g/mol. The van der Waals surface area contributed by atoms with Gasteiger partial charge in [0, 0.05) is 19.6 Å². The summed E-state index contributed by atoms with van der Waals surface area (Å²) in [5.41, 5.74) is 5.62. The summed E-state index contributed by atoms with van der Waals surface area (Å²) in [5, 5.41) is 2.06. The van der Waals surface area contributed by atoms with Crippen LogP contribution >= 0.6 is 0 Å². The van der Waals surface area contributed by atoms with Gasteiger partial charge in [0.2, 0.25) is 0 Å². The van der Waals surface area contributed by atoms with Gasteiger partial charge in [-0.15, -0.1) is 0 Å². The van der Waals surface area contributed by atoms with Crippen LogP contribution in [-0.4, -0.2) is 50.9 Å². The van der Waals surface area contributed by atoms with Gasteiger partial charge in [-0.3, -0.25) is 9.69 Å². The number of nitrogens with zero attached hydrogens (tertiary/aromatic N) is 2. The van der Waals surface area contributed by atoms with Crippen molar-refractivity contribution in [2.45, 2.75) is 43.8 Å². The zero-order valence-electron chi connectivity index (χ0n) is 15.6. The smallest absolute Gasteiger partial charge is 0.423 e. The maximum Gasteiger partial charge on any atom is 1.00 e. The molecule has 27 heavy (non-hydrogen) atoms. The third-order valence-electron chi connectivity index (χ3n) is 5.66. The number of anilines is 1. The van der Waals surface area contributed by atoms with Gasteiger partial charge in [-0.05, 0) is 66.5 Å². The molecule has 2 amide bonds. The van der Waals surface area contributed by atoms with Crippen LogP contribution in [0.5, 0.6) is 0 Å². The Balaban J connectivity index is 0.00000210. The van der Waals surface area contributed by atoms with Crippen LogP contribution in [0.15, 0.2) is 6.07 Å². The molecule has 1 aliphatic heterocycles. The van der Waals surface area contributed by atoms with Crippen LogP contribution in [0.1, 0.15) is 35.1 Å². The first-order chi connectivity index (χ1) is 12.5. The molecule has 9 heteroatoms. The zero-order chi connectivity index (χ0) is 18.3. The number of carbonyl (C=O) groups excluding carboxylic acids is 1. The summed E-state index contributed by atoms with van der Waals surface area (Å²) in [7, 11) is -3.87. The zero-order valence-corrected chi connectivity index (χ0v) is 19.6. The number of fused-ring (bicyclic) bond motifs is 2. The molecule has 0 unspecified atom stereocenters. The number of urea groups is 1. The molecule has 0 aromatic heterocycles. The Morgan fingerprint density at radius 3 is 2.30 bits per heavy atom. The Labute approximate surface area is 202 Å². The number of amides is 2. The molecule has 1 heterocycles. The van der Waals surface area contributed by atoms with Gasteiger partial charge in [-0.25, -0.2) is 12.8 Å². The molecule has 3 aliphatic rings. The predicted molar refractivity (Wildman–Crippen MR) is 98.0 cm³/mol. The molecule has 1 aromatic carbocycles. The van der Waals surface area contributed by atoms with Crippen LogP contribution in [0, 0.1) is 0 Å². The van der Waals surface area contributed by atoms with E-state index in [9.17, 15) is 17.6 Å². The summed E-state index contributed by atoms with van der Waals surface area (Å²) in [6.45, 7) is 0.188. The van der Waals surface area contributed by atoms with Crippen molar-refractivity contribution in [1.82, 2.24) is 4.90 Å². The molecule has 2 aliphatic carbocycles. The summed E-state index contributed by atoms with van der Waals surface area (Å²) in [4.78, 5) is 14.0. The first kappa shape index (κ1) is 21.7. The minimum Gasteiger partial charge on any atom is -0.423 e. The summed E-state index contributed by atoms with van der Waals surface area (Å²) < 4.78 is 40.3. The van der Waals surface area contributed by atoms with Crippen molar-refractivity contribution >= 4 is 21.7 Å². The normalized spacial score (nSPS) is 19.0. The topological polar surface area (TPSA) is 80.6 Å². The third-order valence-corrected chi connectivity index (χ3v) is 7.22. The third kappa shape index (κ3) is 4.44. The van der Waals surface area contributed by atoms with Crippen molar-refractivity contribution in [2.75, 3.05) is 31.6 Å². The van der Waals surface area contributed by atoms with E-state index in [4.69, 9.17) is 0 Å². The number of benzene rings is 1. The quantitative estimate of drug-likeness (QED) is 0.656. The molecule has 1 aromatic rings. The molecule has 1 saturated heterocycles. The van der Waals surface area contributed by atoms with Crippen LogP contribution in [-0.2, 0) is 35.7 Å². The molecule has 142 valence electrons. The van der Waals surface area contributed by atoms with Crippen molar-refractivity contribution in [2.24, 2.45) is 0 Å². The maximum atomic E-state index is 12.3. The van der Waals surface area contributed by atoms with Crippen LogP contribution in [0.4, 0.5) is 14.9 Å². The fourth-order valence-corrected chi connectivity index (χ4v) is 5.52. The number of aryl methyl sites for hydroxylation is 2. The van der Waals surface area contributed by atoms with E-state index in [-0.39, 0.29) is 71.0 Å². The number of halogens is 1. The summed E-state index contributed by atoms with van der Waals surface area (Å²) in [5.74, 6) is 0. The van der Waals surface area contributed by atoms with Crippen LogP contribution in [0.3, 0.4) is 0 Å². The first-order valence-electron chi connectivity index (χ1n) is 9.20. The Morgan fingerprint density at radius 2 is 1.74 bits per heavy atom. The van der Waals surface area contributed by atoms with E-state index in [2.05, 4.69) is 16.1 Å². The second-order valence-electron chi connectivity index (χ2n) is 7.34. The average Bonchev–Trinajstić information content (AvgIpc) is 3.18. The number of rotatable bonds is 5. The first-order valence-corrected chi connectivity index (χ1v) is 10.7. The molecule has 1 fully saturated rings. The maximum absolute atomic E-state index is 12.3. The number of nitrogens with one attached hydrogen (secondary N) is 1. The van der Waals surface area contributed by atoms with E-state index >= 15 is 0 Å². The summed E-state index contributed by atoms with van der Waals surface area (Å²) >= 11 is 0. The van der Waals surface area contributed by atoms with Gasteiger partial charge >= 0.3 is 51.4 Å². The minimum atomic E-state index is -3.87.